The van der Waals surface area contributed by atoms with Crippen LogP contribution in [0.2, 0.25) is 0 Å². The van der Waals surface area contributed by atoms with Crippen molar-refractivity contribution < 1.29 is 0 Å². The molecule has 0 amide bonds. The smallest absolute Gasteiger partial charge is 0.110 e. The van der Waals surface area contributed by atoms with Crippen molar-refractivity contribution in [3.63, 3.8) is 0 Å². The number of hydrogen-bond donors (Lipinski definition) is 1. The molecule has 0 aliphatic heterocycles. The van der Waals surface area contributed by atoms with Gasteiger partial charge in [-0.15, -0.1) is 0 Å². The van der Waals surface area contributed by atoms with Gasteiger partial charge in [0.25, 0.3) is 0 Å². The largest absolute Gasteiger partial charge is 0.328 e. The maximum atomic E-state index is 4.70. The van der Waals surface area contributed by atoms with Gasteiger partial charge in [0.1, 0.15) is 5.82 Å². The first-order valence-corrected chi connectivity index (χ1v) is 6.46. The number of nitrogens with zero attached hydrogens (tertiary/aromatic N) is 2. The Bertz CT molecular complexity index is 488. The predicted octanol–water partition coefficient (Wildman–Crippen LogP) is 3.23. The minimum Gasteiger partial charge on any atom is -0.328 e. The second kappa shape index (κ2) is 4.91. The van der Waals surface area contributed by atoms with E-state index in [4.69, 9.17) is 4.98 Å². The van der Waals surface area contributed by atoms with Crippen molar-refractivity contribution in [1.29, 1.82) is 0 Å². The van der Waals surface area contributed by atoms with E-state index in [1.54, 1.807) is 0 Å². The third-order valence-electron chi connectivity index (χ3n) is 2.77. The molecule has 0 spiro atoms. The molecule has 1 aromatic carbocycles. The summed E-state index contributed by atoms with van der Waals surface area (Å²) >= 11 is 4.30. The van der Waals surface area contributed by atoms with Crippen molar-refractivity contribution in [3.8, 4) is 0 Å². The predicted molar refractivity (Wildman–Crippen MR) is 72.3 cm³/mol. The van der Waals surface area contributed by atoms with Crippen LogP contribution in [-0.4, -0.2) is 15.3 Å². The van der Waals surface area contributed by atoms with Crippen LogP contribution in [0.1, 0.15) is 24.7 Å². The van der Waals surface area contributed by atoms with Crippen LogP contribution in [0.25, 0.3) is 11.0 Å². The summed E-state index contributed by atoms with van der Waals surface area (Å²) < 4.78 is 2.32. The summed E-state index contributed by atoms with van der Waals surface area (Å²) in [5.74, 6) is 2.02. The van der Waals surface area contributed by atoms with Crippen molar-refractivity contribution in [3.05, 3.63) is 29.6 Å². The first-order chi connectivity index (χ1) is 7.76. The van der Waals surface area contributed by atoms with Gasteiger partial charge in [0.05, 0.1) is 11.0 Å². The van der Waals surface area contributed by atoms with E-state index in [1.807, 2.05) is 0 Å². The Balaban J connectivity index is 2.56. The van der Waals surface area contributed by atoms with Crippen LogP contribution in [0.15, 0.2) is 18.2 Å². The van der Waals surface area contributed by atoms with Gasteiger partial charge in [0.2, 0.25) is 0 Å². The highest BCUT2D eigenvalue weighted by Gasteiger charge is 2.09. The van der Waals surface area contributed by atoms with E-state index in [2.05, 4.69) is 49.2 Å². The van der Waals surface area contributed by atoms with Crippen LogP contribution in [-0.2, 0) is 13.0 Å². The molecule has 0 atom stereocenters. The summed E-state index contributed by atoms with van der Waals surface area (Å²) in [6.45, 7) is 5.35. The number of hydrogen-bond acceptors (Lipinski definition) is 2. The standard InChI is InChI=1S/C13H18N2S/c1-3-7-15-12-5-4-10(2)9-11(12)14-13(15)6-8-16/h4-5,9,16H,3,6-8H2,1-2H3. The second-order valence-electron chi connectivity index (χ2n) is 4.15. The number of aryl methyl sites for hydroxylation is 3. The summed E-state index contributed by atoms with van der Waals surface area (Å²) in [4.78, 5) is 4.70. The zero-order valence-corrected chi connectivity index (χ0v) is 10.8. The maximum Gasteiger partial charge on any atom is 0.110 e. The normalized spacial score (nSPS) is 11.2. The SMILES string of the molecule is CCCn1c(CCS)nc2cc(C)ccc21. The van der Waals surface area contributed by atoms with E-state index in [-0.39, 0.29) is 0 Å². The fourth-order valence-corrected chi connectivity index (χ4v) is 2.25. The van der Waals surface area contributed by atoms with E-state index >= 15 is 0 Å². The molecule has 0 aliphatic rings. The molecular formula is C13H18N2S. The van der Waals surface area contributed by atoms with Crippen LogP contribution in [0.3, 0.4) is 0 Å². The van der Waals surface area contributed by atoms with E-state index in [0.29, 0.717) is 0 Å². The van der Waals surface area contributed by atoms with E-state index in [1.165, 1.54) is 11.1 Å². The number of benzene rings is 1. The van der Waals surface area contributed by atoms with Gasteiger partial charge >= 0.3 is 0 Å². The Morgan fingerprint density at radius 2 is 2.19 bits per heavy atom. The van der Waals surface area contributed by atoms with Crippen molar-refractivity contribution in [1.82, 2.24) is 9.55 Å². The second-order valence-corrected chi connectivity index (χ2v) is 4.59. The third kappa shape index (κ3) is 2.09. The molecule has 0 N–H and O–H groups in total. The highest BCUT2D eigenvalue weighted by atomic mass is 32.1. The van der Waals surface area contributed by atoms with Crippen molar-refractivity contribution in [2.45, 2.75) is 33.2 Å². The molecule has 0 unspecified atom stereocenters. The lowest BCUT2D eigenvalue weighted by atomic mass is 10.2. The Hall–Kier alpha value is -0.960. The van der Waals surface area contributed by atoms with Crippen molar-refractivity contribution >= 4 is 23.7 Å². The Morgan fingerprint density at radius 1 is 1.38 bits per heavy atom. The lowest BCUT2D eigenvalue weighted by Gasteiger charge is -2.06. The van der Waals surface area contributed by atoms with E-state index < -0.39 is 0 Å². The summed E-state index contributed by atoms with van der Waals surface area (Å²) in [5, 5.41) is 0. The molecule has 0 saturated carbocycles. The number of rotatable bonds is 4. The summed E-state index contributed by atoms with van der Waals surface area (Å²) in [6.07, 6.45) is 2.08. The topological polar surface area (TPSA) is 17.8 Å². The molecular weight excluding hydrogens is 216 g/mol. The molecule has 2 aromatic rings. The summed E-state index contributed by atoms with van der Waals surface area (Å²) in [6, 6.07) is 6.49. The van der Waals surface area contributed by atoms with Crippen LogP contribution in [0, 0.1) is 6.92 Å². The molecule has 0 aliphatic carbocycles. The highest BCUT2D eigenvalue weighted by molar-refractivity contribution is 7.80. The third-order valence-corrected chi connectivity index (χ3v) is 2.99. The maximum absolute atomic E-state index is 4.70. The monoisotopic (exact) mass is 234 g/mol. The zero-order chi connectivity index (χ0) is 11.5. The first kappa shape index (κ1) is 11.5. The Labute approximate surface area is 102 Å². The molecule has 0 bridgehead atoms. The summed E-state index contributed by atoms with van der Waals surface area (Å²) in [5.41, 5.74) is 3.64. The minimum absolute atomic E-state index is 0.853. The zero-order valence-electron chi connectivity index (χ0n) is 9.90. The lowest BCUT2D eigenvalue weighted by molar-refractivity contribution is 0.661. The van der Waals surface area contributed by atoms with E-state index in [0.717, 1.165) is 36.5 Å². The van der Waals surface area contributed by atoms with Gasteiger partial charge in [0, 0.05) is 13.0 Å². The van der Waals surface area contributed by atoms with Crippen LogP contribution >= 0.6 is 12.6 Å². The van der Waals surface area contributed by atoms with Gasteiger partial charge in [-0.1, -0.05) is 13.0 Å². The molecule has 0 radical (unpaired) electrons. The van der Waals surface area contributed by atoms with Gasteiger partial charge in [-0.2, -0.15) is 12.6 Å². The minimum atomic E-state index is 0.853. The van der Waals surface area contributed by atoms with Gasteiger partial charge in [-0.3, -0.25) is 0 Å². The van der Waals surface area contributed by atoms with Gasteiger partial charge in [-0.05, 0) is 36.8 Å². The van der Waals surface area contributed by atoms with Crippen LogP contribution in [0.5, 0.6) is 0 Å². The number of imidazole rings is 1. The average Bonchev–Trinajstić information content (AvgIpc) is 2.57. The number of fused-ring (bicyclic) bond motifs is 1. The van der Waals surface area contributed by atoms with Crippen molar-refractivity contribution in [2.75, 3.05) is 5.75 Å². The van der Waals surface area contributed by atoms with Crippen LogP contribution < -0.4 is 0 Å². The quantitative estimate of drug-likeness (QED) is 0.804. The van der Waals surface area contributed by atoms with Crippen molar-refractivity contribution in [2.24, 2.45) is 0 Å². The van der Waals surface area contributed by atoms with Gasteiger partial charge in [-0.25, -0.2) is 4.98 Å². The Kier molecular flexibility index (Phi) is 3.54. The molecule has 0 saturated heterocycles. The van der Waals surface area contributed by atoms with Gasteiger partial charge in [0.15, 0.2) is 0 Å². The van der Waals surface area contributed by atoms with E-state index in [9.17, 15) is 0 Å². The highest BCUT2D eigenvalue weighted by Crippen LogP contribution is 2.18. The molecule has 2 nitrogen and oxygen atoms in total. The fraction of sp³-hybridized carbons (Fsp3) is 0.462. The molecule has 1 aromatic heterocycles. The molecule has 2 rings (SSSR count). The molecule has 1 heterocycles. The number of thiol groups is 1. The first-order valence-electron chi connectivity index (χ1n) is 5.83. The van der Waals surface area contributed by atoms with Gasteiger partial charge < -0.3 is 4.57 Å². The molecule has 16 heavy (non-hydrogen) atoms. The number of aromatic nitrogens is 2. The van der Waals surface area contributed by atoms with Crippen LogP contribution in [0.4, 0.5) is 0 Å². The summed E-state index contributed by atoms with van der Waals surface area (Å²) in [7, 11) is 0. The fourth-order valence-electron chi connectivity index (χ4n) is 2.05. The lowest BCUT2D eigenvalue weighted by Crippen LogP contribution is -2.03. The molecule has 0 fully saturated rings. The average molecular weight is 234 g/mol. The molecule has 86 valence electrons. The Morgan fingerprint density at radius 3 is 2.88 bits per heavy atom. The molecule has 3 heteroatoms.